The molecule has 18 heavy (non-hydrogen) atoms. The molecule has 100 valence electrons. The van der Waals surface area contributed by atoms with Gasteiger partial charge in [-0.15, -0.1) is 0 Å². The average molecular weight is 252 g/mol. The van der Waals surface area contributed by atoms with E-state index in [2.05, 4.69) is 0 Å². The number of phenols is 1. The van der Waals surface area contributed by atoms with Crippen LogP contribution in [0, 0.1) is 0 Å². The summed E-state index contributed by atoms with van der Waals surface area (Å²) in [5, 5.41) is 9.32. The van der Waals surface area contributed by atoms with Gasteiger partial charge in [0.1, 0.15) is 5.75 Å². The van der Waals surface area contributed by atoms with Gasteiger partial charge in [0.15, 0.2) is 0 Å². The van der Waals surface area contributed by atoms with Crippen molar-refractivity contribution in [2.75, 3.05) is 27.3 Å². The Balaban J connectivity index is 2.49. The number of hydrogen-bond acceptors (Lipinski definition) is 4. The lowest BCUT2D eigenvalue weighted by Crippen LogP contribution is -2.41. The fourth-order valence-corrected chi connectivity index (χ4v) is 1.70. The molecule has 0 spiro atoms. The summed E-state index contributed by atoms with van der Waals surface area (Å²) in [5.41, 5.74) is 6.57. The van der Waals surface area contributed by atoms with Gasteiger partial charge in [0.25, 0.3) is 0 Å². The van der Waals surface area contributed by atoms with Gasteiger partial charge in [-0.3, -0.25) is 4.79 Å². The molecule has 0 aliphatic carbocycles. The van der Waals surface area contributed by atoms with E-state index in [1.807, 2.05) is 0 Å². The van der Waals surface area contributed by atoms with Gasteiger partial charge >= 0.3 is 0 Å². The number of rotatable bonds is 6. The Morgan fingerprint density at radius 1 is 1.56 bits per heavy atom. The second kappa shape index (κ2) is 6.98. The Hall–Kier alpha value is -1.59. The molecule has 1 atom stereocenters. The number of nitrogens with zero attached hydrogens (tertiary/aromatic N) is 1. The van der Waals surface area contributed by atoms with E-state index in [1.165, 1.54) is 0 Å². The predicted molar refractivity (Wildman–Crippen MR) is 69.3 cm³/mol. The Labute approximate surface area is 107 Å². The van der Waals surface area contributed by atoms with Crippen molar-refractivity contribution in [3.63, 3.8) is 0 Å². The predicted octanol–water partition coefficient (Wildman–Crippen LogP) is 0.367. The summed E-state index contributed by atoms with van der Waals surface area (Å²) >= 11 is 0. The smallest absolute Gasteiger partial charge is 0.226 e. The van der Waals surface area contributed by atoms with Gasteiger partial charge in [-0.1, -0.05) is 12.1 Å². The van der Waals surface area contributed by atoms with E-state index < -0.39 is 0 Å². The Bertz CT molecular complexity index is 396. The molecule has 1 amide bonds. The molecule has 5 nitrogen and oxygen atoms in total. The van der Waals surface area contributed by atoms with Gasteiger partial charge in [-0.05, 0) is 17.7 Å². The Morgan fingerprint density at radius 3 is 2.89 bits per heavy atom. The van der Waals surface area contributed by atoms with Gasteiger partial charge in [-0.2, -0.15) is 0 Å². The molecule has 1 rings (SSSR count). The van der Waals surface area contributed by atoms with Crippen molar-refractivity contribution in [1.82, 2.24) is 4.90 Å². The fourth-order valence-electron chi connectivity index (χ4n) is 1.70. The number of carbonyl (C=O) groups is 1. The number of methoxy groups -OCH3 is 1. The zero-order valence-corrected chi connectivity index (χ0v) is 10.8. The van der Waals surface area contributed by atoms with E-state index in [0.29, 0.717) is 13.2 Å². The van der Waals surface area contributed by atoms with E-state index in [-0.39, 0.29) is 24.1 Å². The van der Waals surface area contributed by atoms with Crippen LogP contribution in [-0.2, 0) is 16.0 Å². The maximum absolute atomic E-state index is 11.9. The van der Waals surface area contributed by atoms with Gasteiger partial charge < -0.3 is 20.5 Å². The normalized spacial score (nSPS) is 12.2. The lowest BCUT2D eigenvalue weighted by atomic mass is 10.1. The van der Waals surface area contributed by atoms with E-state index in [4.69, 9.17) is 10.5 Å². The van der Waals surface area contributed by atoms with Crippen molar-refractivity contribution in [3.05, 3.63) is 29.8 Å². The third-order valence-corrected chi connectivity index (χ3v) is 2.58. The molecule has 0 aliphatic heterocycles. The van der Waals surface area contributed by atoms with Crippen LogP contribution in [-0.4, -0.2) is 49.3 Å². The molecule has 1 aromatic rings. The highest BCUT2D eigenvalue weighted by Gasteiger charge is 2.13. The van der Waals surface area contributed by atoms with Crippen LogP contribution in [0.3, 0.4) is 0 Å². The van der Waals surface area contributed by atoms with Crippen molar-refractivity contribution >= 4 is 5.91 Å². The summed E-state index contributed by atoms with van der Waals surface area (Å²) in [6.07, 6.45) is 0.255. The summed E-state index contributed by atoms with van der Waals surface area (Å²) in [6, 6.07) is 6.50. The van der Waals surface area contributed by atoms with Gasteiger partial charge in [-0.25, -0.2) is 0 Å². The summed E-state index contributed by atoms with van der Waals surface area (Å²) < 4.78 is 4.92. The molecule has 1 aromatic carbocycles. The van der Waals surface area contributed by atoms with E-state index >= 15 is 0 Å². The second-order valence-electron chi connectivity index (χ2n) is 4.34. The first kappa shape index (κ1) is 14.5. The molecule has 0 radical (unpaired) electrons. The third kappa shape index (κ3) is 4.73. The monoisotopic (exact) mass is 252 g/mol. The van der Waals surface area contributed by atoms with Crippen LogP contribution in [0.15, 0.2) is 24.3 Å². The number of likely N-dealkylation sites (N-methyl/N-ethyl adjacent to an activating group) is 1. The second-order valence-corrected chi connectivity index (χ2v) is 4.34. The first-order chi connectivity index (χ1) is 8.52. The van der Waals surface area contributed by atoms with Crippen molar-refractivity contribution in [1.29, 1.82) is 0 Å². The van der Waals surface area contributed by atoms with Crippen molar-refractivity contribution < 1.29 is 14.6 Å². The molecule has 5 heteroatoms. The van der Waals surface area contributed by atoms with Crippen LogP contribution in [0.2, 0.25) is 0 Å². The van der Waals surface area contributed by atoms with Crippen LogP contribution < -0.4 is 5.73 Å². The molecule has 0 fully saturated rings. The zero-order chi connectivity index (χ0) is 13.5. The fraction of sp³-hybridized carbons (Fsp3) is 0.462. The van der Waals surface area contributed by atoms with Crippen LogP contribution in [0.4, 0.5) is 0 Å². The number of aromatic hydroxyl groups is 1. The van der Waals surface area contributed by atoms with Crippen molar-refractivity contribution in [3.8, 4) is 5.75 Å². The van der Waals surface area contributed by atoms with E-state index in [0.717, 1.165) is 5.56 Å². The number of amides is 1. The first-order valence-corrected chi connectivity index (χ1v) is 5.79. The highest BCUT2D eigenvalue weighted by molar-refractivity contribution is 5.78. The van der Waals surface area contributed by atoms with Crippen molar-refractivity contribution in [2.24, 2.45) is 5.73 Å². The summed E-state index contributed by atoms with van der Waals surface area (Å²) in [5.74, 6) is 0.131. The van der Waals surface area contributed by atoms with Gasteiger partial charge in [0.05, 0.1) is 13.0 Å². The van der Waals surface area contributed by atoms with Crippen molar-refractivity contribution in [2.45, 2.75) is 12.5 Å². The van der Waals surface area contributed by atoms with Gasteiger partial charge in [0, 0.05) is 26.7 Å². The molecule has 0 aromatic heterocycles. The molecule has 0 bridgehead atoms. The minimum atomic E-state index is -0.187. The summed E-state index contributed by atoms with van der Waals surface area (Å²) in [6.45, 7) is 0.870. The lowest BCUT2D eigenvalue weighted by molar-refractivity contribution is -0.129. The van der Waals surface area contributed by atoms with Crippen LogP contribution >= 0.6 is 0 Å². The van der Waals surface area contributed by atoms with Crippen LogP contribution in [0.1, 0.15) is 5.56 Å². The number of carbonyl (C=O) groups excluding carboxylic acids is 1. The van der Waals surface area contributed by atoms with E-state index in [1.54, 1.807) is 43.3 Å². The molecule has 0 aliphatic rings. The topological polar surface area (TPSA) is 75.8 Å². The number of phenolic OH excluding ortho intramolecular Hbond substituents is 1. The van der Waals surface area contributed by atoms with Crippen LogP contribution in [0.5, 0.6) is 5.75 Å². The summed E-state index contributed by atoms with van der Waals surface area (Å²) in [7, 11) is 3.29. The highest BCUT2D eigenvalue weighted by Crippen LogP contribution is 2.12. The number of benzene rings is 1. The zero-order valence-electron chi connectivity index (χ0n) is 10.8. The number of nitrogens with two attached hydrogens (primary N) is 1. The number of hydrogen-bond donors (Lipinski definition) is 2. The maximum Gasteiger partial charge on any atom is 0.226 e. The third-order valence-electron chi connectivity index (χ3n) is 2.58. The van der Waals surface area contributed by atoms with E-state index in [9.17, 15) is 9.90 Å². The first-order valence-electron chi connectivity index (χ1n) is 5.79. The van der Waals surface area contributed by atoms with Gasteiger partial charge in [0.2, 0.25) is 5.91 Å². The molecular formula is C13H20N2O3. The Kier molecular flexibility index (Phi) is 5.61. The highest BCUT2D eigenvalue weighted by atomic mass is 16.5. The number of ether oxygens (including phenoxy) is 1. The maximum atomic E-state index is 11.9. The molecule has 0 heterocycles. The largest absolute Gasteiger partial charge is 0.508 e. The lowest BCUT2D eigenvalue weighted by Gasteiger charge is -2.21. The average Bonchev–Trinajstić information content (AvgIpc) is 2.29. The molecule has 0 saturated heterocycles. The summed E-state index contributed by atoms with van der Waals surface area (Å²) in [4.78, 5) is 13.5. The molecule has 1 unspecified atom stereocenters. The molecule has 0 saturated carbocycles. The minimum Gasteiger partial charge on any atom is -0.508 e. The minimum absolute atomic E-state index is 0.0350. The molecule has 3 N–H and O–H groups in total. The molecular weight excluding hydrogens is 232 g/mol. The quantitative estimate of drug-likeness (QED) is 0.767. The standard InChI is InChI=1S/C13H20N2O3/c1-15(8-11(14)9-18-2)13(17)7-10-4-3-5-12(16)6-10/h3-6,11,16H,7-9,14H2,1-2H3. The SMILES string of the molecule is COCC(N)CN(C)C(=O)Cc1cccc(O)c1. The van der Waals surface area contributed by atoms with Crippen LogP contribution in [0.25, 0.3) is 0 Å². The Morgan fingerprint density at radius 2 is 2.28 bits per heavy atom.